The summed E-state index contributed by atoms with van der Waals surface area (Å²) in [6, 6.07) is 9.91. The molecule has 0 aliphatic heterocycles. The second-order valence-electron chi connectivity index (χ2n) is 5.73. The zero-order chi connectivity index (χ0) is 17.4. The van der Waals surface area contributed by atoms with Gasteiger partial charge in [-0.2, -0.15) is 4.98 Å². The molecule has 0 saturated carbocycles. The number of rotatable bonds is 9. The molecule has 1 N–H and O–H groups in total. The summed E-state index contributed by atoms with van der Waals surface area (Å²) in [4.78, 5) is 11.6. The van der Waals surface area contributed by atoms with Crippen molar-refractivity contribution in [3.63, 3.8) is 0 Å². The highest BCUT2D eigenvalue weighted by molar-refractivity contribution is 5.63. The Bertz CT molecular complexity index is 639. The van der Waals surface area contributed by atoms with Crippen molar-refractivity contribution in [1.29, 1.82) is 0 Å². The lowest BCUT2D eigenvalue weighted by Crippen LogP contribution is -2.26. The van der Waals surface area contributed by atoms with E-state index in [4.69, 9.17) is 9.72 Å². The summed E-state index contributed by atoms with van der Waals surface area (Å²) in [7, 11) is 0. The lowest BCUT2D eigenvalue weighted by atomic mass is 10.3. The van der Waals surface area contributed by atoms with Gasteiger partial charge in [-0.25, -0.2) is 4.98 Å². The molecule has 0 atom stereocenters. The molecule has 2 rings (SSSR count). The molecule has 0 aliphatic carbocycles. The second-order valence-corrected chi connectivity index (χ2v) is 5.73. The summed E-state index contributed by atoms with van der Waals surface area (Å²) in [6.07, 6.45) is 2.19. The molecule has 5 heteroatoms. The highest BCUT2D eigenvalue weighted by atomic mass is 16.5. The van der Waals surface area contributed by atoms with Crippen LogP contribution in [0.15, 0.2) is 30.3 Å². The SMILES string of the molecule is CCCN(CCC)c1cc(C)nc(Nc2ccccc2OCC)n1. The summed E-state index contributed by atoms with van der Waals surface area (Å²) in [6.45, 7) is 11.0. The van der Waals surface area contributed by atoms with E-state index in [1.54, 1.807) is 0 Å². The average Bonchev–Trinajstić information content (AvgIpc) is 2.56. The number of hydrogen-bond acceptors (Lipinski definition) is 5. The fraction of sp³-hybridized carbons (Fsp3) is 0.474. The molecular weight excluding hydrogens is 300 g/mol. The molecule has 130 valence electrons. The molecule has 0 saturated heterocycles. The van der Waals surface area contributed by atoms with Crippen molar-refractivity contribution in [2.24, 2.45) is 0 Å². The quantitative estimate of drug-likeness (QED) is 0.731. The van der Waals surface area contributed by atoms with Crippen molar-refractivity contribution in [1.82, 2.24) is 9.97 Å². The highest BCUT2D eigenvalue weighted by Crippen LogP contribution is 2.27. The van der Waals surface area contributed by atoms with E-state index in [1.807, 2.05) is 44.2 Å². The first-order chi connectivity index (χ1) is 11.7. The van der Waals surface area contributed by atoms with Gasteiger partial charge < -0.3 is 15.0 Å². The molecule has 0 unspecified atom stereocenters. The summed E-state index contributed by atoms with van der Waals surface area (Å²) < 4.78 is 5.67. The van der Waals surface area contributed by atoms with Crippen molar-refractivity contribution in [3.8, 4) is 5.75 Å². The Hall–Kier alpha value is -2.30. The van der Waals surface area contributed by atoms with Crippen molar-refractivity contribution in [2.75, 3.05) is 29.9 Å². The zero-order valence-electron chi connectivity index (χ0n) is 15.2. The monoisotopic (exact) mass is 328 g/mol. The maximum absolute atomic E-state index is 5.67. The molecular formula is C19H28N4O. The zero-order valence-corrected chi connectivity index (χ0v) is 15.2. The van der Waals surface area contributed by atoms with E-state index in [-0.39, 0.29) is 0 Å². The van der Waals surface area contributed by atoms with Crippen LogP contribution in [0.3, 0.4) is 0 Å². The van der Waals surface area contributed by atoms with E-state index in [9.17, 15) is 0 Å². The van der Waals surface area contributed by atoms with Crippen molar-refractivity contribution in [2.45, 2.75) is 40.5 Å². The third-order valence-corrected chi connectivity index (χ3v) is 3.59. The molecule has 5 nitrogen and oxygen atoms in total. The number of aromatic nitrogens is 2. The van der Waals surface area contributed by atoms with Gasteiger partial charge in [-0.15, -0.1) is 0 Å². The smallest absolute Gasteiger partial charge is 0.229 e. The minimum absolute atomic E-state index is 0.606. The maximum atomic E-state index is 5.67. The second kappa shape index (κ2) is 9.11. The van der Waals surface area contributed by atoms with Gasteiger partial charge in [0.2, 0.25) is 5.95 Å². The molecule has 1 heterocycles. The average molecular weight is 328 g/mol. The Labute approximate surface area is 145 Å². The Balaban J connectivity index is 2.28. The Morgan fingerprint density at radius 1 is 1.04 bits per heavy atom. The number of anilines is 3. The van der Waals surface area contributed by atoms with Gasteiger partial charge in [0.25, 0.3) is 0 Å². The molecule has 0 fully saturated rings. The Kier molecular flexibility index (Phi) is 6.85. The van der Waals surface area contributed by atoms with Gasteiger partial charge in [0.1, 0.15) is 11.6 Å². The largest absolute Gasteiger partial charge is 0.492 e. The normalized spacial score (nSPS) is 10.5. The number of para-hydroxylation sites is 2. The number of benzene rings is 1. The molecule has 24 heavy (non-hydrogen) atoms. The van der Waals surface area contributed by atoms with E-state index in [0.717, 1.165) is 48.9 Å². The molecule has 0 aliphatic rings. The van der Waals surface area contributed by atoms with Gasteiger partial charge in [-0.1, -0.05) is 26.0 Å². The first-order valence-electron chi connectivity index (χ1n) is 8.77. The molecule has 0 spiro atoms. The van der Waals surface area contributed by atoms with Crippen molar-refractivity contribution < 1.29 is 4.74 Å². The number of aryl methyl sites for hydroxylation is 1. The topological polar surface area (TPSA) is 50.3 Å². The number of hydrogen-bond donors (Lipinski definition) is 1. The van der Waals surface area contributed by atoms with Crippen LogP contribution in [-0.2, 0) is 0 Å². The molecule has 2 aromatic rings. The van der Waals surface area contributed by atoms with Crippen LogP contribution in [0.5, 0.6) is 5.75 Å². The Morgan fingerprint density at radius 2 is 1.75 bits per heavy atom. The van der Waals surface area contributed by atoms with Gasteiger partial charge in [-0.05, 0) is 38.8 Å². The minimum atomic E-state index is 0.606. The van der Waals surface area contributed by atoms with Crippen LogP contribution in [0.4, 0.5) is 17.5 Å². The molecule has 0 radical (unpaired) electrons. The number of nitrogens with zero attached hydrogens (tertiary/aromatic N) is 3. The van der Waals surface area contributed by atoms with E-state index in [1.165, 1.54) is 0 Å². The van der Waals surface area contributed by atoms with Gasteiger partial charge in [0.15, 0.2) is 0 Å². The van der Waals surface area contributed by atoms with Gasteiger partial charge in [-0.3, -0.25) is 0 Å². The number of ether oxygens (including phenoxy) is 1. The van der Waals surface area contributed by atoms with Crippen LogP contribution in [0.2, 0.25) is 0 Å². The summed E-state index contributed by atoms with van der Waals surface area (Å²) in [5, 5.41) is 3.30. The van der Waals surface area contributed by atoms with E-state index in [2.05, 4.69) is 29.0 Å². The lowest BCUT2D eigenvalue weighted by molar-refractivity contribution is 0.342. The first-order valence-corrected chi connectivity index (χ1v) is 8.77. The van der Waals surface area contributed by atoms with Crippen LogP contribution in [-0.4, -0.2) is 29.7 Å². The van der Waals surface area contributed by atoms with Gasteiger partial charge in [0.05, 0.1) is 12.3 Å². The summed E-state index contributed by atoms with van der Waals surface area (Å²) >= 11 is 0. The highest BCUT2D eigenvalue weighted by Gasteiger charge is 2.11. The van der Waals surface area contributed by atoms with Gasteiger partial charge in [0, 0.05) is 24.8 Å². The third-order valence-electron chi connectivity index (χ3n) is 3.59. The minimum Gasteiger partial charge on any atom is -0.492 e. The van der Waals surface area contributed by atoms with Crippen LogP contribution in [0, 0.1) is 6.92 Å². The van der Waals surface area contributed by atoms with Crippen LogP contribution in [0.1, 0.15) is 39.3 Å². The fourth-order valence-electron chi connectivity index (χ4n) is 2.62. The van der Waals surface area contributed by atoms with Crippen LogP contribution >= 0.6 is 0 Å². The third kappa shape index (κ3) is 4.85. The molecule has 0 amide bonds. The summed E-state index contributed by atoms with van der Waals surface area (Å²) in [5.74, 6) is 2.39. The van der Waals surface area contributed by atoms with E-state index < -0.39 is 0 Å². The Morgan fingerprint density at radius 3 is 2.42 bits per heavy atom. The fourth-order valence-corrected chi connectivity index (χ4v) is 2.62. The molecule has 0 bridgehead atoms. The van der Waals surface area contributed by atoms with Crippen LogP contribution < -0.4 is 15.0 Å². The van der Waals surface area contributed by atoms with Crippen molar-refractivity contribution in [3.05, 3.63) is 36.0 Å². The lowest BCUT2D eigenvalue weighted by Gasteiger charge is -2.23. The first kappa shape index (κ1) is 18.0. The van der Waals surface area contributed by atoms with E-state index >= 15 is 0 Å². The maximum Gasteiger partial charge on any atom is 0.229 e. The standard InChI is InChI=1S/C19H28N4O/c1-5-12-23(13-6-2)18-14-15(4)20-19(22-18)21-16-10-8-9-11-17(16)24-7-3/h8-11,14H,5-7,12-13H2,1-4H3,(H,20,21,22). The predicted octanol–water partition coefficient (Wildman–Crippen LogP) is 4.55. The van der Waals surface area contributed by atoms with Crippen molar-refractivity contribution >= 4 is 17.5 Å². The van der Waals surface area contributed by atoms with Crippen LogP contribution in [0.25, 0.3) is 0 Å². The molecule has 1 aromatic heterocycles. The predicted molar refractivity (Wildman–Crippen MR) is 100 cm³/mol. The summed E-state index contributed by atoms with van der Waals surface area (Å²) in [5.41, 5.74) is 1.84. The molecule has 1 aromatic carbocycles. The van der Waals surface area contributed by atoms with Gasteiger partial charge >= 0.3 is 0 Å². The number of nitrogens with one attached hydrogen (secondary N) is 1. The van der Waals surface area contributed by atoms with E-state index in [0.29, 0.717) is 12.6 Å².